The molecular formula is C18H19N5O2S. The Kier molecular flexibility index (Phi) is 4.50. The molecule has 1 amide bonds. The highest BCUT2D eigenvalue weighted by atomic mass is 32.1. The molecule has 8 heteroatoms. The predicted octanol–water partition coefficient (Wildman–Crippen LogP) is 2.91. The summed E-state index contributed by atoms with van der Waals surface area (Å²) in [5, 5.41) is 5.80. The molecular weight excluding hydrogens is 350 g/mol. The van der Waals surface area contributed by atoms with Gasteiger partial charge in [0.25, 0.3) is 5.91 Å². The number of hydrogen-bond acceptors (Lipinski definition) is 7. The summed E-state index contributed by atoms with van der Waals surface area (Å²) in [7, 11) is 0. The van der Waals surface area contributed by atoms with Gasteiger partial charge in [0.1, 0.15) is 17.8 Å². The molecule has 0 spiro atoms. The lowest BCUT2D eigenvalue weighted by Crippen LogP contribution is -2.29. The van der Waals surface area contributed by atoms with E-state index in [1.807, 2.05) is 24.8 Å². The lowest BCUT2D eigenvalue weighted by Gasteiger charge is -2.15. The molecule has 134 valence electrons. The first-order valence-electron chi connectivity index (χ1n) is 8.53. The minimum Gasteiger partial charge on any atom is -0.361 e. The highest BCUT2D eigenvalue weighted by Gasteiger charge is 2.28. The molecule has 7 nitrogen and oxygen atoms in total. The van der Waals surface area contributed by atoms with E-state index in [0.29, 0.717) is 11.6 Å². The molecule has 1 aliphatic heterocycles. The van der Waals surface area contributed by atoms with E-state index in [9.17, 15) is 4.79 Å². The average molecular weight is 369 g/mol. The Morgan fingerprint density at radius 1 is 1.35 bits per heavy atom. The van der Waals surface area contributed by atoms with Crippen molar-refractivity contribution in [3.8, 4) is 11.3 Å². The summed E-state index contributed by atoms with van der Waals surface area (Å²) in [6.07, 6.45) is 3.38. The summed E-state index contributed by atoms with van der Waals surface area (Å²) in [5.41, 5.74) is 5.80. The maximum atomic E-state index is 12.4. The highest BCUT2D eigenvalue weighted by Crippen LogP contribution is 2.27. The Morgan fingerprint density at radius 3 is 2.96 bits per heavy atom. The maximum absolute atomic E-state index is 12.4. The van der Waals surface area contributed by atoms with E-state index in [2.05, 4.69) is 20.1 Å². The van der Waals surface area contributed by atoms with Gasteiger partial charge in [-0.2, -0.15) is 0 Å². The molecule has 0 radical (unpaired) electrons. The Bertz CT molecular complexity index is 902. The van der Waals surface area contributed by atoms with Gasteiger partial charge in [-0.3, -0.25) is 4.79 Å². The number of hydrogen-bond donors (Lipinski definition) is 0. The first-order chi connectivity index (χ1) is 12.6. The van der Waals surface area contributed by atoms with Crippen LogP contribution in [0.15, 0.2) is 27.8 Å². The van der Waals surface area contributed by atoms with Crippen LogP contribution >= 0.6 is 11.3 Å². The lowest BCUT2D eigenvalue weighted by atomic mass is 10.0. The number of aromatic nitrogens is 4. The summed E-state index contributed by atoms with van der Waals surface area (Å²) < 4.78 is 5.24. The molecule has 1 saturated heterocycles. The normalized spacial score (nSPS) is 17.0. The number of thiazole rings is 1. The summed E-state index contributed by atoms with van der Waals surface area (Å²) in [6.45, 7) is 5.30. The number of aryl methyl sites for hydroxylation is 2. The van der Waals surface area contributed by atoms with Gasteiger partial charge in [-0.1, -0.05) is 5.16 Å². The largest absolute Gasteiger partial charge is 0.361 e. The molecule has 0 aromatic carbocycles. The van der Waals surface area contributed by atoms with Crippen LogP contribution in [0.2, 0.25) is 0 Å². The van der Waals surface area contributed by atoms with Crippen molar-refractivity contribution in [1.29, 1.82) is 0 Å². The Hall–Kier alpha value is -2.61. The zero-order valence-corrected chi connectivity index (χ0v) is 15.5. The second-order valence-electron chi connectivity index (χ2n) is 6.58. The van der Waals surface area contributed by atoms with Gasteiger partial charge in [0, 0.05) is 24.2 Å². The van der Waals surface area contributed by atoms with Crippen molar-refractivity contribution in [2.45, 2.75) is 26.7 Å². The predicted molar refractivity (Wildman–Crippen MR) is 96.8 cm³/mol. The lowest BCUT2D eigenvalue weighted by molar-refractivity contribution is 0.0782. The first kappa shape index (κ1) is 16.8. The Labute approximate surface area is 155 Å². The van der Waals surface area contributed by atoms with Crippen LogP contribution in [-0.4, -0.2) is 44.0 Å². The van der Waals surface area contributed by atoms with Crippen LogP contribution in [0.25, 0.3) is 11.3 Å². The van der Waals surface area contributed by atoms with Crippen molar-refractivity contribution < 1.29 is 9.32 Å². The van der Waals surface area contributed by atoms with Crippen LogP contribution in [0.5, 0.6) is 0 Å². The quantitative estimate of drug-likeness (QED) is 0.703. The molecule has 0 aliphatic carbocycles. The molecule has 3 aromatic rings. The number of amides is 1. The van der Waals surface area contributed by atoms with Crippen LogP contribution in [-0.2, 0) is 6.42 Å². The minimum absolute atomic E-state index is 0.0212. The highest BCUT2D eigenvalue weighted by molar-refractivity contribution is 7.07. The number of carbonyl (C=O) groups is 1. The second-order valence-corrected chi connectivity index (χ2v) is 7.30. The molecule has 1 atom stereocenters. The zero-order chi connectivity index (χ0) is 18.1. The molecule has 4 heterocycles. The van der Waals surface area contributed by atoms with E-state index in [0.717, 1.165) is 54.3 Å². The summed E-state index contributed by atoms with van der Waals surface area (Å²) in [5.74, 6) is 1.17. The third kappa shape index (κ3) is 3.24. The Morgan fingerprint density at radius 2 is 2.23 bits per heavy atom. The first-order valence-corrected chi connectivity index (χ1v) is 9.47. The Balaban J connectivity index is 1.45. The van der Waals surface area contributed by atoms with E-state index in [1.54, 1.807) is 17.2 Å². The van der Waals surface area contributed by atoms with Gasteiger partial charge >= 0.3 is 0 Å². The number of nitrogens with zero attached hydrogens (tertiary/aromatic N) is 5. The van der Waals surface area contributed by atoms with Crippen LogP contribution in [0, 0.1) is 19.8 Å². The standard InChI is InChI=1S/C18H19N5O2S/c1-11-17(12(2)25-22-11)15-6-14(19-9-20-15)5-13-3-4-23(7-13)18(24)16-8-26-10-21-16/h6,8-10,13H,3-5,7H2,1-2H3. The molecule has 3 aromatic heterocycles. The van der Waals surface area contributed by atoms with Crippen molar-refractivity contribution in [3.63, 3.8) is 0 Å². The van der Waals surface area contributed by atoms with E-state index >= 15 is 0 Å². The van der Waals surface area contributed by atoms with E-state index in [4.69, 9.17) is 4.52 Å². The van der Waals surface area contributed by atoms with Crippen LogP contribution in [0.3, 0.4) is 0 Å². The fourth-order valence-corrected chi connectivity index (χ4v) is 3.98. The number of rotatable bonds is 4. The molecule has 1 unspecified atom stereocenters. The minimum atomic E-state index is 0.0212. The third-order valence-electron chi connectivity index (χ3n) is 4.74. The van der Waals surface area contributed by atoms with Crippen LogP contribution < -0.4 is 0 Å². The van der Waals surface area contributed by atoms with Crippen molar-refractivity contribution in [2.75, 3.05) is 13.1 Å². The molecule has 0 N–H and O–H groups in total. The monoisotopic (exact) mass is 369 g/mol. The fourth-order valence-electron chi connectivity index (χ4n) is 3.45. The zero-order valence-electron chi connectivity index (χ0n) is 14.7. The fraction of sp³-hybridized carbons (Fsp3) is 0.389. The SMILES string of the molecule is Cc1noc(C)c1-c1cc(CC2CCN(C(=O)c3cscn3)C2)ncn1. The average Bonchev–Trinajstić information content (AvgIpc) is 3.37. The summed E-state index contributed by atoms with van der Waals surface area (Å²) >= 11 is 1.44. The van der Waals surface area contributed by atoms with E-state index in [-0.39, 0.29) is 5.91 Å². The van der Waals surface area contributed by atoms with Crippen molar-refractivity contribution in [2.24, 2.45) is 5.92 Å². The number of likely N-dealkylation sites (tertiary alicyclic amines) is 1. The summed E-state index contributed by atoms with van der Waals surface area (Å²) in [4.78, 5) is 27.2. The topological polar surface area (TPSA) is 85.0 Å². The molecule has 26 heavy (non-hydrogen) atoms. The molecule has 4 rings (SSSR count). The maximum Gasteiger partial charge on any atom is 0.273 e. The van der Waals surface area contributed by atoms with Gasteiger partial charge in [-0.25, -0.2) is 15.0 Å². The number of carbonyl (C=O) groups excluding carboxylic acids is 1. The van der Waals surface area contributed by atoms with Crippen molar-refractivity contribution in [3.05, 3.63) is 46.1 Å². The smallest absolute Gasteiger partial charge is 0.273 e. The molecule has 1 aliphatic rings. The van der Waals surface area contributed by atoms with Gasteiger partial charge in [-0.15, -0.1) is 11.3 Å². The van der Waals surface area contributed by atoms with Crippen LogP contribution in [0.1, 0.15) is 34.1 Å². The van der Waals surface area contributed by atoms with Gasteiger partial charge in [-0.05, 0) is 38.7 Å². The van der Waals surface area contributed by atoms with E-state index < -0.39 is 0 Å². The van der Waals surface area contributed by atoms with Gasteiger partial charge in [0.05, 0.1) is 22.5 Å². The molecule has 0 saturated carbocycles. The van der Waals surface area contributed by atoms with Crippen molar-refractivity contribution >= 4 is 17.2 Å². The van der Waals surface area contributed by atoms with Gasteiger partial charge < -0.3 is 9.42 Å². The van der Waals surface area contributed by atoms with Crippen molar-refractivity contribution in [1.82, 2.24) is 25.0 Å². The molecule has 0 bridgehead atoms. The third-order valence-corrected chi connectivity index (χ3v) is 5.32. The van der Waals surface area contributed by atoms with E-state index in [1.165, 1.54) is 11.3 Å². The van der Waals surface area contributed by atoms with Gasteiger partial charge in [0.15, 0.2) is 0 Å². The van der Waals surface area contributed by atoms with Gasteiger partial charge in [0.2, 0.25) is 0 Å². The second kappa shape index (κ2) is 6.95. The van der Waals surface area contributed by atoms with Crippen LogP contribution in [0.4, 0.5) is 0 Å². The summed E-state index contributed by atoms with van der Waals surface area (Å²) in [6, 6.07) is 2.00. The molecule has 1 fully saturated rings.